The Kier molecular flexibility index (Phi) is 3.03. The molecular weight excluding hydrogens is 240 g/mol. The van der Waals surface area contributed by atoms with Gasteiger partial charge in [0.15, 0.2) is 5.82 Å². The van der Waals surface area contributed by atoms with Gasteiger partial charge in [-0.05, 0) is 19.8 Å². The number of carbonyl (C=O) groups excluding carboxylic acids is 1. The zero-order valence-electron chi connectivity index (χ0n) is 10.8. The van der Waals surface area contributed by atoms with E-state index in [4.69, 9.17) is 0 Å². The van der Waals surface area contributed by atoms with E-state index < -0.39 is 0 Å². The summed E-state index contributed by atoms with van der Waals surface area (Å²) < 4.78 is 0. The standard InChI is InChI=1S/C14H16N4O/c1-9-11-4-2-3-5-12(11)14(18-17-9)15-8-13(19)16-10-6-7-10/h2-5,10H,6-8H2,1H3,(H,15,18)(H,16,19). The molecule has 0 saturated heterocycles. The van der Waals surface area contributed by atoms with Crippen molar-refractivity contribution in [1.29, 1.82) is 0 Å². The van der Waals surface area contributed by atoms with Gasteiger partial charge in [0, 0.05) is 16.8 Å². The lowest BCUT2D eigenvalue weighted by Crippen LogP contribution is -2.31. The van der Waals surface area contributed by atoms with Gasteiger partial charge in [0.1, 0.15) is 0 Å². The Labute approximate surface area is 111 Å². The van der Waals surface area contributed by atoms with Crippen LogP contribution in [-0.2, 0) is 4.79 Å². The maximum atomic E-state index is 11.6. The molecule has 1 aliphatic carbocycles. The van der Waals surface area contributed by atoms with E-state index in [0.717, 1.165) is 29.3 Å². The van der Waals surface area contributed by atoms with Gasteiger partial charge in [-0.25, -0.2) is 0 Å². The Morgan fingerprint density at radius 1 is 1.26 bits per heavy atom. The van der Waals surface area contributed by atoms with E-state index in [1.54, 1.807) is 0 Å². The van der Waals surface area contributed by atoms with Gasteiger partial charge in [0.2, 0.25) is 5.91 Å². The lowest BCUT2D eigenvalue weighted by atomic mass is 10.1. The first-order valence-corrected chi connectivity index (χ1v) is 6.49. The number of aromatic nitrogens is 2. The molecule has 1 aliphatic rings. The topological polar surface area (TPSA) is 66.9 Å². The Hall–Kier alpha value is -2.17. The third kappa shape index (κ3) is 2.65. The number of benzene rings is 1. The van der Waals surface area contributed by atoms with Gasteiger partial charge in [-0.15, -0.1) is 5.10 Å². The number of hydrogen-bond acceptors (Lipinski definition) is 4. The smallest absolute Gasteiger partial charge is 0.239 e. The van der Waals surface area contributed by atoms with Crippen molar-refractivity contribution >= 4 is 22.5 Å². The van der Waals surface area contributed by atoms with Crippen LogP contribution in [0.4, 0.5) is 5.82 Å². The van der Waals surface area contributed by atoms with Crippen LogP contribution in [0.5, 0.6) is 0 Å². The fourth-order valence-corrected chi connectivity index (χ4v) is 2.04. The minimum atomic E-state index is 0.00829. The summed E-state index contributed by atoms with van der Waals surface area (Å²) in [5.74, 6) is 0.668. The summed E-state index contributed by atoms with van der Waals surface area (Å²) in [7, 11) is 0. The van der Waals surface area contributed by atoms with Crippen molar-refractivity contribution in [3.05, 3.63) is 30.0 Å². The van der Waals surface area contributed by atoms with Crippen molar-refractivity contribution in [2.24, 2.45) is 0 Å². The summed E-state index contributed by atoms with van der Waals surface area (Å²) in [6.45, 7) is 2.16. The Morgan fingerprint density at radius 2 is 2.00 bits per heavy atom. The summed E-state index contributed by atoms with van der Waals surface area (Å²) in [5.41, 5.74) is 0.892. The molecule has 1 fully saturated rings. The Bertz CT molecular complexity index is 622. The molecule has 0 spiro atoms. The van der Waals surface area contributed by atoms with Crippen LogP contribution in [0.2, 0.25) is 0 Å². The molecule has 19 heavy (non-hydrogen) atoms. The molecule has 0 aliphatic heterocycles. The first-order valence-electron chi connectivity index (χ1n) is 6.49. The number of aryl methyl sites for hydroxylation is 1. The number of nitrogens with one attached hydrogen (secondary N) is 2. The molecule has 98 valence electrons. The van der Waals surface area contributed by atoms with Gasteiger partial charge >= 0.3 is 0 Å². The van der Waals surface area contributed by atoms with Crippen molar-refractivity contribution in [3.8, 4) is 0 Å². The molecular formula is C14H16N4O. The van der Waals surface area contributed by atoms with Crippen LogP contribution in [0.3, 0.4) is 0 Å². The summed E-state index contributed by atoms with van der Waals surface area (Å²) in [6.07, 6.45) is 2.19. The first kappa shape index (κ1) is 11.9. The highest BCUT2D eigenvalue weighted by atomic mass is 16.2. The number of amides is 1. The predicted molar refractivity (Wildman–Crippen MR) is 73.9 cm³/mol. The number of nitrogens with zero attached hydrogens (tertiary/aromatic N) is 2. The number of anilines is 1. The van der Waals surface area contributed by atoms with Crippen molar-refractivity contribution < 1.29 is 4.79 Å². The Morgan fingerprint density at radius 3 is 2.74 bits per heavy atom. The van der Waals surface area contributed by atoms with Crippen molar-refractivity contribution in [3.63, 3.8) is 0 Å². The quantitative estimate of drug-likeness (QED) is 0.872. The lowest BCUT2D eigenvalue weighted by molar-refractivity contribution is -0.119. The second-order valence-electron chi connectivity index (χ2n) is 4.87. The van der Waals surface area contributed by atoms with E-state index in [1.807, 2.05) is 31.2 Å². The molecule has 1 heterocycles. The van der Waals surface area contributed by atoms with Crippen molar-refractivity contribution in [1.82, 2.24) is 15.5 Å². The molecule has 1 aromatic heterocycles. The maximum absolute atomic E-state index is 11.6. The molecule has 3 rings (SSSR count). The number of fused-ring (bicyclic) bond motifs is 1. The fourth-order valence-electron chi connectivity index (χ4n) is 2.04. The van der Waals surface area contributed by atoms with Gasteiger partial charge in [0.05, 0.1) is 12.2 Å². The summed E-state index contributed by atoms with van der Waals surface area (Å²) in [4.78, 5) is 11.6. The lowest BCUT2D eigenvalue weighted by Gasteiger charge is -2.09. The highest BCUT2D eigenvalue weighted by Crippen LogP contribution is 2.22. The van der Waals surface area contributed by atoms with Crippen LogP contribution in [0.25, 0.3) is 10.8 Å². The zero-order chi connectivity index (χ0) is 13.2. The first-order chi connectivity index (χ1) is 9.24. The van der Waals surface area contributed by atoms with Gasteiger partial charge in [-0.3, -0.25) is 4.79 Å². The normalized spacial score (nSPS) is 14.4. The van der Waals surface area contributed by atoms with Crippen LogP contribution in [0, 0.1) is 6.92 Å². The van der Waals surface area contributed by atoms with Crippen LogP contribution < -0.4 is 10.6 Å². The van der Waals surface area contributed by atoms with Crippen LogP contribution >= 0.6 is 0 Å². The second kappa shape index (κ2) is 4.84. The van der Waals surface area contributed by atoms with Crippen LogP contribution in [-0.4, -0.2) is 28.7 Å². The molecule has 0 bridgehead atoms. The minimum absolute atomic E-state index is 0.00829. The SMILES string of the molecule is Cc1nnc(NCC(=O)NC2CC2)c2ccccc12. The van der Waals surface area contributed by atoms with E-state index in [2.05, 4.69) is 20.8 Å². The van der Waals surface area contributed by atoms with Gasteiger partial charge in [-0.1, -0.05) is 24.3 Å². The second-order valence-corrected chi connectivity index (χ2v) is 4.87. The molecule has 2 aromatic rings. The van der Waals surface area contributed by atoms with Crippen LogP contribution in [0.1, 0.15) is 18.5 Å². The van der Waals surface area contributed by atoms with Crippen LogP contribution in [0.15, 0.2) is 24.3 Å². The van der Waals surface area contributed by atoms with Crippen molar-refractivity contribution in [2.45, 2.75) is 25.8 Å². The van der Waals surface area contributed by atoms with E-state index in [0.29, 0.717) is 11.9 Å². The molecule has 5 heteroatoms. The molecule has 1 aromatic carbocycles. The highest BCUT2D eigenvalue weighted by Gasteiger charge is 2.23. The highest BCUT2D eigenvalue weighted by molar-refractivity contribution is 5.94. The monoisotopic (exact) mass is 256 g/mol. The van der Waals surface area contributed by atoms with Gasteiger partial charge in [-0.2, -0.15) is 5.10 Å². The molecule has 1 saturated carbocycles. The average Bonchev–Trinajstić information content (AvgIpc) is 3.22. The fraction of sp³-hybridized carbons (Fsp3) is 0.357. The van der Waals surface area contributed by atoms with E-state index in [1.165, 1.54) is 0 Å². The largest absolute Gasteiger partial charge is 0.359 e. The van der Waals surface area contributed by atoms with Crippen molar-refractivity contribution in [2.75, 3.05) is 11.9 Å². The maximum Gasteiger partial charge on any atom is 0.239 e. The number of rotatable bonds is 4. The molecule has 0 unspecified atom stereocenters. The van der Waals surface area contributed by atoms with E-state index >= 15 is 0 Å². The minimum Gasteiger partial charge on any atom is -0.359 e. The molecule has 5 nitrogen and oxygen atoms in total. The average molecular weight is 256 g/mol. The predicted octanol–water partition coefficient (Wildman–Crippen LogP) is 1.63. The third-order valence-corrected chi connectivity index (χ3v) is 3.23. The summed E-state index contributed by atoms with van der Waals surface area (Å²) in [6, 6.07) is 8.31. The molecule has 1 amide bonds. The van der Waals surface area contributed by atoms with Gasteiger partial charge < -0.3 is 10.6 Å². The number of hydrogen-bond donors (Lipinski definition) is 2. The molecule has 0 radical (unpaired) electrons. The third-order valence-electron chi connectivity index (χ3n) is 3.23. The summed E-state index contributed by atoms with van der Waals surface area (Å²) in [5, 5.41) is 16.3. The molecule has 2 N–H and O–H groups in total. The van der Waals surface area contributed by atoms with E-state index in [9.17, 15) is 4.79 Å². The van der Waals surface area contributed by atoms with E-state index in [-0.39, 0.29) is 12.5 Å². The zero-order valence-corrected chi connectivity index (χ0v) is 10.8. The number of carbonyl (C=O) groups is 1. The summed E-state index contributed by atoms with van der Waals surface area (Å²) >= 11 is 0. The molecule has 0 atom stereocenters. The Balaban J connectivity index is 1.76. The van der Waals surface area contributed by atoms with Gasteiger partial charge in [0.25, 0.3) is 0 Å².